The van der Waals surface area contributed by atoms with E-state index in [9.17, 15) is 34.8 Å². The molecule has 12 unspecified atom stereocenters. The first-order valence-corrected chi connectivity index (χ1v) is 30.8. The Morgan fingerprint density at radius 3 is 1.06 bits per heavy atom. The molecular weight excluding hydrogens is 1110 g/mol. The van der Waals surface area contributed by atoms with Gasteiger partial charge in [-0.25, -0.2) is 9.59 Å². The van der Waals surface area contributed by atoms with E-state index in [0.29, 0.717) is 65.6 Å². The van der Waals surface area contributed by atoms with Crippen LogP contribution in [0.25, 0.3) is 0 Å². The van der Waals surface area contributed by atoms with Crippen LogP contribution in [0, 0.1) is 0 Å². The Labute approximate surface area is 508 Å². The van der Waals surface area contributed by atoms with Crippen molar-refractivity contribution in [3.05, 3.63) is 25.3 Å². The van der Waals surface area contributed by atoms with Gasteiger partial charge in [0.15, 0.2) is 0 Å². The molecule has 0 aromatic carbocycles. The van der Waals surface area contributed by atoms with E-state index in [1.165, 1.54) is 0 Å². The highest BCUT2D eigenvalue weighted by molar-refractivity contribution is 5.81. The molecule has 0 spiro atoms. The smallest absolute Gasteiger partial charge is 0.330 e. The van der Waals surface area contributed by atoms with Crippen LogP contribution in [-0.2, 0) is 71.2 Å². The summed E-state index contributed by atoms with van der Waals surface area (Å²) in [4.78, 5) is 47.4. The minimum Gasteiger partial charge on any atom is -0.463 e. The quantitative estimate of drug-likeness (QED) is 0.0369. The molecule has 25 nitrogen and oxygen atoms in total. The first-order chi connectivity index (χ1) is 40.5. The molecule has 12 atom stereocenters. The fraction of sp³-hybridized carbons (Fsp3) is 0.883. The molecule has 4 N–H and O–H groups in total. The van der Waals surface area contributed by atoms with Crippen LogP contribution in [0.4, 0.5) is 0 Å². The fourth-order valence-electron chi connectivity index (χ4n) is 8.84. The van der Waals surface area contributed by atoms with Gasteiger partial charge in [0.1, 0.15) is 25.9 Å². The van der Waals surface area contributed by atoms with Gasteiger partial charge >= 0.3 is 17.9 Å². The summed E-state index contributed by atoms with van der Waals surface area (Å²) in [5.74, 6) is -1.34. The molecule has 3 aliphatic heterocycles. The first-order valence-electron chi connectivity index (χ1n) is 30.8. The molecule has 0 amide bonds. The third kappa shape index (κ3) is 41.1. The molecule has 3 fully saturated rings. The topological polar surface area (TPSA) is 262 Å². The molecule has 0 saturated carbocycles. The van der Waals surface area contributed by atoms with Gasteiger partial charge < -0.3 is 87.1 Å². The second-order valence-electron chi connectivity index (χ2n) is 23.0. The standard InChI is InChI=1S/C38H78N6O10.C22H36O9/c1-31(23-49-27-35(45)19-41-11-7-39(5)8-12-41)52-26-34(4)54-30-38(48)22-44-17-15-43(16-18-44)20-36(46)28-50-24-32(2)51-25-33(3)53-29-37(47)21-42-13-9-40(6)10-14-42;1-7-10-22(25)30-12-17(5)27-15-19(31-18(6)13-29-21(24)9-3)14-26-16(4)11-28-20(23)8-2/h31-38,45-48H,7-30H2,1-6H3;8-9,16-19H,2-3,7,10-15H2,1,4-6H3. The molecule has 0 bridgehead atoms. The second kappa shape index (κ2) is 47.1. The zero-order chi connectivity index (χ0) is 62.9. The van der Waals surface area contributed by atoms with Gasteiger partial charge in [0.05, 0.1) is 133 Å². The molecule has 498 valence electrons. The Morgan fingerprint density at radius 2 is 0.694 bits per heavy atom. The summed E-state index contributed by atoms with van der Waals surface area (Å²) < 4.78 is 67.2. The Kier molecular flexibility index (Phi) is 43.4. The summed E-state index contributed by atoms with van der Waals surface area (Å²) in [6, 6.07) is 0. The van der Waals surface area contributed by atoms with E-state index in [1.807, 2.05) is 34.6 Å². The Bertz CT molecular complexity index is 1730. The number of ether oxygens (including phenoxy) is 12. The number of β-amino-alcohol motifs (C(OH)–C–C–N with tert-alkyl or cyclic N) is 4. The highest BCUT2D eigenvalue weighted by atomic mass is 16.6. The van der Waals surface area contributed by atoms with E-state index >= 15 is 0 Å². The van der Waals surface area contributed by atoms with Gasteiger partial charge in [-0.15, -0.1) is 0 Å². The van der Waals surface area contributed by atoms with Crippen LogP contribution in [0.2, 0.25) is 0 Å². The molecule has 3 heterocycles. The number of nitrogens with zero attached hydrogens (tertiary/aromatic N) is 6. The van der Waals surface area contributed by atoms with Gasteiger partial charge in [-0.3, -0.25) is 24.4 Å². The zero-order valence-corrected chi connectivity index (χ0v) is 53.5. The van der Waals surface area contributed by atoms with Crippen molar-refractivity contribution in [1.29, 1.82) is 0 Å². The highest BCUT2D eigenvalue weighted by Crippen LogP contribution is 2.11. The molecule has 0 aliphatic carbocycles. The number of hydrogen-bond acceptors (Lipinski definition) is 25. The lowest BCUT2D eigenvalue weighted by atomic mass is 10.2. The third-order valence-electron chi connectivity index (χ3n) is 14.0. The Hall–Kier alpha value is -2.87. The number of esters is 3. The lowest BCUT2D eigenvalue weighted by Crippen LogP contribution is -2.51. The number of carbonyl (C=O) groups excluding carboxylic acids is 3. The lowest BCUT2D eigenvalue weighted by molar-refractivity contribution is -0.157. The summed E-state index contributed by atoms with van der Waals surface area (Å²) in [6.07, 6.45) is -1.19. The van der Waals surface area contributed by atoms with Crippen LogP contribution in [-0.4, -0.2) is 346 Å². The predicted molar refractivity (Wildman–Crippen MR) is 321 cm³/mol. The molecule has 3 rings (SSSR count). The summed E-state index contributed by atoms with van der Waals surface area (Å²) in [7, 11) is 4.24. The maximum Gasteiger partial charge on any atom is 0.330 e. The average molecular weight is 1220 g/mol. The normalized spacial score (nSPS) is 20.5. The van der Waals surface area contributed by atoms with Gasteiger partial charge in [-0.05, 0) is 69.0 Å². The van der Waals surface area contributed by atoms with Crippen LogP contribution in [0.15, 0.2) is 25.3 Å². The van der Waals surface area contributed by atoms with Gasteiger partial charge in [0.25, 0.3) is 0 Å². The number of piperazine rings is 3. The summed E-state index contributed by atoms with van der Waals surface area (Å²) >= 11 is 0. The number of aliphatic hydroxyl groups excluding tert-OH is 4. The summed E-state index contributed by atoms with van der Waals surface area (Å²) in [6.45, 7) is 38.3. The van der Waals surface area contributed by atoms with Crippen LogP contribution in [0.3, 0.4) is 0 Å². The van der Waals surface area contributed by atoms with E-state index in [1.54, 1.807) is 20.8 Å². The SMILES string of the molecule is C=CC(=O)OCC(C)OCC(COC(C)COC(=O)CCC)OC(C)COC(=O)C=C.CC(COCC(O)CN1CCN(CC(O)COC(C)COC(C)COCC(O)CN2CCN(C)CC2)CC1)OCC(C)OCC(O)CN1CCN(C)CC1. The molecule has 0 radical (unpaired) electrons. The van der Waals surface area contributed by atoms with Crippen molar-refractivity contribution in [3.8, 4) is 0 Å². The zero-order valence-electron chi connectivity index (χ0n) is 53.5. The molecule has 3 aliphatic rings. The van der Waals surface area contributed by atoms with E-state index < -0.39 is 48.6 Å². The summed E-state index contributed by atoms with van der Waals surface area (Å²) in [5.41, 5.74) is 0. The summed E-state index contributed by atoms with van der Waals surface area (Å²) in [5, 5.41) is 41.8. The van der Waals surface area contributed by atoms with Gasteiger partial charge in [0.2, 0.25) is 0 Å². The van der Waals surface area contributed by atoms with Gasteiger partial charge in [0, 0.05) is 123 Å². The Balaban J connectivity index is 0.000000677. The van der Waals surface area contributed by atoms with E-state index in [4.69, 9.17) is 56.8 Å². The van der Waals surface area contributed by atoms with Gasteiger partial charge in [-0.2, -0.15) is 0 Å². The lowest BCUT2D eigenvalue weighted by Gasteiger charge is -2.36. The second-order valence-corrected chi connectivity index (χ2v) is 23.0. The minimum atomic E-state index is -0.599. The minimum absolute atomic E-state index is 0.0397. The third-order valence-corrected chi connectivity index (χ3v) is 14.0. The number of hydrogen-bond donors (Lipinski definition) is 4. The fourth-order valence-corrected chi connectivity index (χ4v) is 8.84. The molecule has 3 saturated heterocycles. The first kappa shape index (κ1) is 78.2. The monoisotopic (exact) mass is 1220 g/mol. The largest absolute Gasteiger partial charge is 0.463 e. The van der Waals surface area contributed by atoms with Crippen molar-refractivity contribution in [2.75, 3.05) is 205 Å². The number of rotatable bonds is 46. The molecular formula is C60H114N6O19. The highest BCUT2D eigenvalue weighted by Gasteiger charge is 2.25. The number of carbonyl (C=O) groups is 3. The average Bonchev–Trinajstić information content (AvgIpc) is 3.56. The van der Waals surface area contributed by atoms with Crippen molar-refractivity contribution in [1.82, 2.24) is 29.4 Å². The predicted octanol–water partition coefficient (Wildman–Crippen LogP) is 0.568. The molecule has 0 aromatic rings. The molecule has 0 aromatic heterocycles. The van der Waals surface area contributed by atoms with Crippen molar-refractivity contribution in [2.24, 2.45) is 0 Å². The Morgan fingerprint density at radius 1 is 0.400 bits per heavy atom. The number of likely N-dealkylation sites (N-methyl/N-ethyl adjacent to an activating group) is 2. The van der Waals surface area contributed by atoms with Crippen molar-refractivity contribution < 1.29 is 91.7 Å². The maximum atomic E-state index is 11.5. The van der Waals surface area contributed by atoms with Crippen LogP contribution < -0.4 is 0 Å². The van der Waals surface area contributed by atoms with Crippen molar-refractivity contribution >= 4 is 17.9 Å². The molecule has 85 heavy (non-hydrogen) atoms. The maximum absolute atomic E-state index is 11.5. The van der Waals surface area contributed by atoms with Crippen LogP contribution in [0.5, 0.6) is 0 Å². The number of aliphatic hydroxyl groups is 4. The van der Waals surface area contributed by atoms with Crippen molar-refractivity contribution in [2.45, 2.75) is 141 Å². The van der Waals surface area contributed by atoms with Gasteiger partial charge in [-0.1, -0.05) is 20.1 Å². The van der Waals surface area contributed by atoms with Crippen LogP contribution in [0.1, 0.15) is 68.2 Å². The van der Waals surface area contributed by atoms with E-state index in [0.717, 1.165) is 97.1 Å². The van der Waals surface area contributed by atoms with E-state index in [2.05, 4.69) is 56.7 Å². The van der Waals surface area contributed by atoms with E-state index in [-0.39, 0.29) is 95.4 Å². The molecule has 25 heteroatoms. The van der Waals surface area contributed by atoms with Crippen LogP contribution >= 0.6 is 0 Å². The van der Waals surface area contributed by atoms with Crippen molar-refractivity contribution in [3.63, 3.8) is 0 Å².